The monoisotopic (exact) mass is 418 g/mol. The molecule has 0 aromatic heterocycles. The lowest BCUT2D eigenvalue weighted by molar-refractivity contribution is -0.116. The van der Waals surface area contributed by atoms with Gasteiger partial charge in [-0.1, -0.05) is 6.07 Å². The molecule has 0 aliphatic carbocycles. The van der Waals surface area contributed by atoms with E-state index in [-0.39, 0.29) is 23.0 Å². The van der Waals surface area contributed by atoms with Crippen molar-refractivity contribution in [3.63, 3.8) is 0 Å². The number of nitrogens with one attached hydrogen (secondary N) is 2. The number of ether oxygens (including phenoxy) is 2. The van der Waals surface area contributed by atoms with Gasteiger partial charge in [0.25, 0.3) is 0 Å². The number of benzene rings is 2. The van der Waals surface area contributed by atoms with Crippen molar-refractivity contribution in [1.29, 1.82) is 0 Å². The van der Waals surface area contributed by atoms with E-state index in [9.17, 15) is 18.0 Å². The number of anilines is 2. The van der Waals surface area contributed by atoms with E-state index in [2.05, 4.69) is 10.6 Å². The van der Waals surface area contributed by atoms with E-state index in [0.29, 0.717) is 41.7 Å². The Morgan fingerprint density at radius 2 is 1.66 bits per heavy atom. The summed E-state index contributed by atoms with van der Waals surface area (Å²) >= 11 is 0. The Bertz CT molecular complexity index is 1050. The molecule has 2 N–H and O–H groups in total. The quantitative estimate of drug-likeness (QED) is 0.746. The molecule has 0 fully saturated rings. The largest absolute Gasteiger partial charge is 0.486 e. The fraction of sp³-hybridized carbons (Fsp3) is 0.300. The molecule has 1 heterocycles. The first-order valence-corrected chi connectivity index (χ1v) is 10.7. The first-order valence-electron chi connectivity index (χ1n) is 9.06. The Morgan fingerprint density at radius 1 is 1.00 bits per heavy atom. The highest BCUT2D eigenvalue weighted by Gasteiger charge is 2.21. The minimum absolute atomic E-state index is 0.0818. The summed E-state index contributed by atoms with van der Waals surface area (Å²) < 4.78 is 36.0. The van der Waals surface area contributed by atoms with Crippen molar-refractivity contribution in [2.45, 2.75) is 25.2 Å². The van der Waals surface area contributed by atoms with Crippen molar-refractivity contribution in [2.75, 3.05) is 29.6 Å². The van der Waals surface area contributed by atoms with Gasteiger partial charge in [-0.15, -0.1) is 0 Å². The van der Waals surface area contributed by atoms with E-state index in [1.807, 2.05) is 0 Å². The van der Waals surface area contributed by atoms with Crippen molar-refractivity contribution in [1.82, 2.24) is 0 Å². The van der Waals surface area contributed by atoms with Crippen LogP contribution in [0.4, 0.5) is 11.4 Å². The van der Waals surface area contributed by atoms with E-state index in [1.54, 1.807) is 31.2 Å². The zero-order chi connectivity index (χ0) is 21.0. The van der Waals surface area contributed by atoms with Crippen LogP contribution < -0.4 is 20.1 Å². The number of sulfone groups is 1. The van der Waals surface area contributed by atoms with Gasteiger partial charge in [-0.2, -0.15) is 0 Å². The maximum atomic E-state index is 12.6. The molecule has 1 aliphatic rings. The van der Waals surface area contributed by atoms with Gasteiger partial charge in [0.15, 0.2) is 21.3 Å². The molecule has 0 radical (unpaired) electrons. The highest BCUT2D eigenvalue weighted by atomic mass is 32.2. The van der Waals surface area contributed by atoms with Gasteiger partial charge in [0, 0.05) is 30.8 Å². The average Bonchev–Trinajstić information content (AvgIpc) is 2.69. The predicted molar refractivity (Wildman–Crippen MR) is 108 cm³/mol. The number of fused-ring (bicyclic) bond motifs is 1. The zero-order valence-electron chi connectivity index (χ0n) is 16.2. The minimum Gasteiger partial charge on any atom is -0.486 e. The van der Waals surface area contributed by atoms with E-state index in [0.717, 1.165) is 0 Å². The molecule has 8 nitrogen and oxygen atoms in total. The van der Waals surface area contributed by atoms with Crippen LogP contribution in [0.3, 0.4) is 0 Å². The standard InChI is InChI=1S/C20H22N2O6S/c1-13-16(21-14(2)23)4-3-5-17(13)22-20(24)8-11-29(25,26)15-6-7-18-19(12-15)28-10-9-27-18/h3-7,12H,8-11H2,1-2H3,(H,21,23)(H,22,24). The molecule has 3 rings (SSSR count). The molecule has 2 amide bonds. The van der Waals surface area contributed by atoms with Crippen LogP contribution in [0.25, 0.3) is 0 Å². The molecule has 0 saturated carbocycles. The van der Waals surface area contributed by atoms with E-state index >= 15 is 0 Å². The summed E-state index contributed by atoms with van der Waals surface area (Å²) in [5.41, 5.74) is 1.78. The van der Waals surface area contributed by atoms with E-state index in [4.69, 9.17) is 9.47 Å². The fourth-order valence-corrected chi connectivity index (χ4v) is 4.12. The molecule has 2 aromatic rings. The van der Waals surface area contributed by atoms with Crippen LogP contribution in [0.5, 0.6) is 11.5 Å². The lowest BCUT2D eigenvalue weighted by Crippen LogP contribution is -2.19. The van der Waals surface area contributed by atoms with E-state index < -0.39 is 15.7 Å². The summed E-state index contributed by atoms with van der Waals surface area (Å²) in [5, 5.41) is 5.38. The number of amides is 2. The Labute approximate surface area is 169 Å². The van der Waals surface area contributed by atoms with Crippen LogP contribution in [-0.4, -0.2) is 39.2 Å². The van der Waals surface area contributed by atoms with Gasteiger partial charge in [0.2, 0.25) is 11.8 Å². The second kappa shape index (κ2) is 8.52. The molecular formula is C20H22N2O6S. The van der Waals surface area contributed by atoms with Gasteiger partial charge in [0.1, 0.15) is 13.2 Å². The normalized spacial score (nSPS) is 12.9. The molecular weight excluding hydrogens is 396 g/mol. The average molecular weight is 418 g/mol. The molecule has 2 aromatic carbocycles. The van der Waals surface area contributed by atoms with Gasteiger partial charge in [0.05, 0.1) is 10.6 Å². The maximum Gasteiger partial charge on any atom is 0.225 e. The van der Waals surface area contributed by atoms with Crippen LogP contribution in [-0.2, 0) is 19.4 Å². The highest BCUT2D eigenvalue weighted by Crippen LogP contribution is 2.32. The number of hydrogen-bond acceptors (Lipinski definition) is 6. The number of rotatable bonds is 6. The molecule has 154 valence electrons. The first kappa shape index (κ1) is 20.7. The smallest absolute Gasteiger partial charge is 0.225 e. The third kappa shape index (κ3) is 5.05. The van der Waals surface area contributed by atoms with Gasteiger partial charge in [-0.05, 0) is 36.8 Å². The second-order valence-corrected chi connectivity index (χ2v) is 8.69. The molecule has 0 bridgehead atoms. The van der Waals surface area contributed by atoms with Crippen molar-refractivity contribution in [3.05, 3.63) is 42.0 Å². The summed E-state index contributed by atoms with van der Waals surface area (Å²) in [6.45, 7) is 3.93. The minimum atomic E-state index is -3.67. The number of hydrogen-bond donors (Lipinski definition) is 2. The number of carbonyl (C=O) groups excluding carboxylic acids is 2. The Kier molecular flexibility index (Phi) is 6.07. The van der Waals surface area contributed by atoms with Gasteiger partial charge < -0.3 is 20.1 Å². The molecule has 29 heavy (non-hydrogen) atoms. The summed E-state index contributed by atoms with van der Waals surface area (Å²) in [6, 6.07) is 9.52. The van der Waals surface area contributed by atoms with Crippen molar-refractivity contribution >= 4 is 33.0 Å². The van der Waals surface area contributed by atoms with Crippen molar-refractivity contribution in [3.8, 4) is 11.5 Å². The molecule has 0 unspecified atom stereocenters. The van der Waals surface area contributed by atoms with Crippen molar-refractivity contribution in [2.24, 2.45) is 0 Å². The van der Waals surface area contributed by atoms with Crippen LogP contribution in [0.2, 0.25) is 0 Å². The fourth-order valence-electron chi connectivity index (χ4n) is 2.87. The van der Waals surface area contributed by atoms with Gasteiger partial charge in [-0.25, -0.2) is 8.42 Å². The number of carbonyl (C=O) groups is 2. The van der Waals surface area contributed by atoms with E-state index in [1.165, 1.54) is 19.1 Å². The Morgan fingerprint density at radius 3 is 2.34 bits per heavy atom. The van der Waals surface area contributed by atoms with Gasteiger partial charge >= 0.3 is 0 Å². The SMILES string of the molecule is CC(=O)Nc1cccc(NC(=O)CCS(=O)(=O)c2ccc3c(c2)OCCO3)c1C. The third-order valence-electron chi connectivity index (χ3n) is 4.39. The lowest BCUT2D eigenvalue weighted by atomic mass is 10.1. The topological polar surface area (TPSA) is 111 Å². The summed E-state index contributed by atoms with van der Waals surface area (Å²) in [4.78, 5) is 23.6. The van der Waals surface area contributed by atoms with Crippen LogP contribution in [0.15, 0.2) is 41.3 Å². The second-order valence-electron chi connectivity index (χ2n) is 6.58. The molecule has 0 atom stereocenters. The third-order valence-corrected chi connectivity index (χ3v) is 6.10. The molecule has 9 heteroatoms. The van der Waals surface area contributed by atoms with Crippen molar-refractivity contribution < 1.29 is 27.5 Å². The molecule has 1 aliphatic heterocycles. The van der Waals surface area contributed by atoms with Crippen LogP contribution in [0, 0.1) is 6.92 Å². The van der Waals surface area contributed by atoms with Crippen LogP contribution >= 0.6 is 0 Å². The van der Waals surface area contributed by atoms with Gasteiger partial charge in [-0.3, -0.25) is 9.59 Å². The predicted octanol–water partition coefficient (Wildman–Crippen LogP) is 2.53. The summed E-state index contributed by atoms with van der Waals surface area (Å²) in [6.07, 6.45) is -0.208. The maximum absolute atomic E-state index is 12.6. The Hall–Kier alpha value is -3.07. The highest BCUT2D eigenvalue weighted by molar-refractivity contribution is 7.91. The molecule has 0 spiro atoms. The summed E-state index contributed by atoms with van der Waals surface area (Å²) in [5.74, 6) is -0.117. The first-order chi connectivity index (χ1) is 13.8. The summed E-state index contributed by atoms with van der Waals surface area (Å²) in [7, 11) is -3.67. The Balaban J connectivity index is 1.65. The zero-order valence-corrected chi connectivity index (χ0v) is 17.0. The lowest BCUT2D eigenvalue weighted by Gasteiger charge is -2.18. The van der Waals surface area contributed by atoms with Crippen LogP contribution in [0.1, 0.15) is 18.9 Å². The molecule has 0 saturated heterocycles.